The maximum atomic E-state index is 12.0. The van der Waals surface area contributed by atoms with Crippen LogP contribution in [0.25, 0.3) is 0 Å². The molecule has 1 N–H and O–H groups in total. The zero-order valence-electron chi connectivity index (χ0n) is 9.03. The molecule has 0 radical (unpaired) electrons. The van der Waals surface area contributed by atoms with Crippen LogP contribution in [0.2, 0.25) is 0 Å². The number of hydrogen-bond donors (Lipinski definition) is 1. The smallest absolute Gasteiger partial charge is 0.390 e. The molecule has 17 heavy (non-hydrogen) atoms. The van der Waals surface area contributed by atoms with Gasteiger partial charge < -0.3 is 10.0 Å². The summed E-state index contributed by atoms with van der Waals surface area (Å²) in [5, 5.41) is 9.33. The summed E-state index contributed by atoms with van der Waals surface area (Å²) in [4.78, 5) is 16.1. The molecule has 0 spiro atoms. The molecule has 4 nitrogen and oxygen atoms in total. The number of pyridine rings is 1. The third-order valence-electron chi connectivity index (χ3n) is 2.07. The fraction of sp³-hybridized carbons (Fsp3) is 0.400. The molecule has 0 saturated carbocycles. The minimum absolute atomic E-state index is 0.253. The van der Waals surface area contributed by atoms with Gasteiger partial charge in [0.05, 0.1) is 6.42 Å². The second-order valence-corrected chi connectivity index (χ2v) is 3.46. The summed E-state index contributed by atoms with van der Waals surface area (Å²) in [6, 6.07) is 2.67. The first-order valence-corrected chi connectivity index (χ1v) is 4.77. The van der Waals surface area contributed by atoms with Crippen LogP contribution in [0, 0.1) is 0 Å². The highest BCUT2D eigenvalue weighted by Crippen LogP contribution is 2.20. The van der Waals surface area contributed by atoms with Crippen molar-refractivity contribution in [2.45, 2.75) is 12.6 Å². The monoisotopic (exact) mass is 248 g/mol. The van der Waals surface area contributed by atoms with E-state index in [9.17, 15) is 23.1 Å². The van der Waals surface area contributed by atoms with Crippen molar-refractivity contribution in [1.82, 2.24) is 9.88 Å². The van der Waals surface area contributed by atoms with E-state index in [1.54, 1.807) is 0 Å². The molecule has 7 heteroatoms. The Labute approximate surface area is 95.7 Å². The van der Waals surface area contributed by atoms with E-state index in [4.69, 9.17) is 0 Å². The molecule has 0 fully saturated rings. The summed E-state index contributed by atoms with van der Waals surface area (Å²) in [7, 11) is 1.22. The largest absolute Gasteiger partial charge is 0.505 e. The molecule has 0 aromatic carbocycles. The van der Waals surface area contributed by atoms with E-state index in [-0.39, 0.29) is 11.4 Å². The van der Waals surface area contributed by atoms with Crippen LogP contribution in [0.1, 0.15) is 16.9 Å². The molecule has 1 amide bonds. The lowest BCUT2D eigenvalue weighted by atomic mass is 10.3. The minimum Gasteiger partial charge on any atom is -0.505 e. The van der Waals surface area contributed by atoms with E-state index in [1.165, 1.54) is 25.4 Å². The van der Waals surface area contributed by atoms with Crippen LogP contribution in [0.4, 0.5) is 13.2 Å². The lowest BCUT2D eigenvalue weighted by Gasteiger charge is -2.17. The van der Waals surface area contributed by atoms with Gasteiger partial charge in [0.1, 0.15) is 5.75 Å². The van der Waals surface area contributed by atoms with Gasteiger partial charge in [-0.25, -0.2) is 4.98 Å². The van der Waals surface area contributed by atoms with Crippen LogP contribution in [-0.4, -0.2) is 40.7 Å². The Balaban J connectivity index is 2.68. The number of nitrogens with zero attached hydrogens (tertiary/aromatic N) is 2. The molecule has 1 rings (SSSR count). The van der Waals surface area contributed by atoms with Gasteiger partial charge in [-0.2, -0.15) is 13.2 Å². The summed E-state index contributed by atoms with van der Waals surface area (Å²) in [6.07, 6.45) is -4.13. The number of amides is 1. The summed E-state index contributed by atoms with van der Waals surface area (Å²) in [5.74, 6) is -1.09. The zero-order valence-corrected chi connectivity index (χ0v) is 9.03. The fourth-order valence-corrected chi connectivity index (χ4v) is 1.14. The van der Waals surface area contributed by atoms with Crippen molar-refractivity contribution < 1.29 is 23.1 Å². The summed E-state index contributed by atoms with van der Waals surface area (Å²) in [6.45, 7) is -0.474. The Morgan fingerprint density at radius 1 is 1.53 bits per heavy atom. The highest BCUT2D eigenvalue weighted by Gasteiger charge is 2.28. The minimum atomic E-state index is -4.32. The topological polar surface area (TPSA) is 53.4 Å². The molecule has 0 saturated heterocycles. The normalized spacial score (nSPS) is 11.3. The molecular weight excluding hydrogens is 237 g/mol. The van der Waals surface area contributed by atoms with Crippen molar-refractivity contribution in [3.05, 3.63) is 24.0 Å². The van der Waals surface area contributed by atoms with Crippen LogP contribution in [0.3, 0.4) is 0 Å². The van der Waals surface area contributed by atoms with Crippen molar-refractivity contribution in [3.63, 3.8) is 0 Å². The SMILES string of the molecule is CN(CCC(F)(F)F)C(=O)c1ncccc1O. The third kappa shape index (κ3) is 3.93. The number of alkyl halides is 3. The van der Waals surface area contributed by atoms with E-state index < -0.39 is 25.0 Å². The summed E-state index contributed by atoms with van der Waals surface area (Å²) in [5.41, 5.74) is -0.253. The first-order valence-electron chi connectivity index (χ1n) is 4.77. The third-order valence-corrected chi connectivity index (χ3v) is 2.07. The molecule has 0 bridgehead atoms. The van der Waals surface area contributed by atoms with E-state index in [1.807, 2.05) is 0 Å². The average molecular weight is 248 g/mol. The lowest BCUT2D eigenvalue weighted by Crippen LogP contribution is -2.31. The Morgan fingerprint density at radius 3 is 2.71 bits per heavy atom. The molecule has 1 aromatic rings. The molecule has 94 valence electrons. The van der Waals surface area contributed by atoms with E-state index >= 15 is 0 Å². The number of aromatic nitrogens is 1. The second-order valence-electron chi connectivity index (χ2n) is 3.46. The van der Waals surface area contributed by atoms with Crippen molar-refractivity contribution in [2.75, 3.05) is 13.6 Å². The van der Waals surface area contributed by atoms with Gasteiger partial charge in [0, 0.05) is 19.8 Å². The number of aromatic hydroxyl groups is 1. The number of halogens is 3. The molecular formula is C10H11F3N2O2. The second kappa shape index (κ2) is 5.03. The predicted molar refractivity (Wildman–Crippen MR) is 53.5 cm³/mol. The number of carbonyl (C=O) groups is 1. The zero-order chi connectivity index (χ0) is 13.1. The van der Waals surface area contributed by atoms with Crippen molar-refractivity contribution >= 4 is 5.91 Å². The summed E-state index contributed by atoms with van der Waals surface area (Å²) < 4.78 is 35.9. The molecule has 1 heterocycles. The molecule has 0 aliphatic carbocycles. The number of carbonyl (C=O) groups excluding carboxylic acids is 1. The predicted octanol–water partition coefficient (Wildman–Crippen LogP) is 1.81. The molecule has 0 atom stereocenters. The van der Waals surface area contributed by atoms with E-state index in [0.29, 0.717) is 0 Å². The van der Waals surface area contributed by atoms with Gasteiger partial charge in [0.25, 0.3) is 5.91 Å². The van der Waals surface area contributed by atoms with Gasteiger partial charge >= 0.3 is 6.18 Å². The maximum Gasteiger partial charge on any atom is 0.390 e. The quantitative estimate of drug-likeness (QED) is 0.887. The van der Waals surface area contributed by atoms with Gasteiger partial charge in [-0.05, 0) is 12.1 Å². The summed E-state index contributed by atoms with van der Waals surface area (Å²) >= 11 is 0. The van der Waals surface area contributed by atoms with Crippen LogP contribution < -0.4 is 0 Å². The fourth-order valence-electron chi connectivity index (χ4n) is 1.14. The molecule has 1 aromatic heterocycles. The number of rotatable bonds is 3. The van der Waals surface area contributed by atoms with Gasteiger partial charge in [-0.3, -0.25) is 4.79 Å². The van der Waals surface area contributed by atoms with Crippen LogP contribution >= 0.6 is 0 Å². The van der Waals surface area contributed by atoms with Crippen LogP contribution in [-0.2, 0) is 0 Å². The van der Waals surface area contributed by atoms with E-state index in [0.717, 1.165) is 4.90 Å². The van der Waals surface area contributed by atoms with Crippen LogP contribution in [0.5, 0.6) is 5.75 Å². The first kappa shape index (κ1) is 13.3. The van der Waals surface area contributed by atoms with Crippen LogP contribution in [0.15, 0.2) is 18.3 Å². The Morgan fingerprint density at radius 2 is 2.18 bits per heavy atom. The van der Waals surface area contributed by atoms with E-state index in [2.05, 4.69) is 4.98 Å². The van der Waals surface area contributed by atoms with Gasteiger partial charge in [0.15, 0.2) is 5.69 Å². The Hall–Kier alpha value is -1.79. The van der Waals surface area contributed by atoms with Crippen molar-refractivity contribution in [3.8, 4) is 5.75 Å². The average Bonchev–Trinajstić information content (AvgIpc) is 2.24. The first-order chi connectivity index (χ1) is 7.81. The van der Waals surface area contributed by atoms with Crippen molar-refractivity contribution in [1.29, 1.82) is 0 Å². The van der Waals surface area contributed by atoms with Gasteiger partial charge in [-0.15, -0.1) is 0 Å². The lowest BCUT2D eigenvalue weighted by molar-refractivity contribution is -0.136. The molecule has 0 aliphatic heterocycles. The highest BCUT2D eigenvalue weighted by atomic mass is 19.4. The van der Waals surface area contributed by atoms with Gasteiger partial charge in [0.2, 0.25) is 0 Å². The maximum absolute atomic E-state index is 12.0. The highest BCUT2D eigenvalue weighted by molar-refractivity contribution is 5.94. The van der Waals surface area contributed by atoms with Gasteiger partial charge in [-0.1, -0.05) is 0 Å². The standard InChI is InChI=1S/C10H11F3N2O2/c1-15(6-4-10(11,12)13)9(17)8-7(16)3-2-5-14-8/h2-3,5,16H,4,6H2,1H3. The van der Waals surface area contributed by atoms with Crippen molar-refractivity contribution in [2.24, 2.45) is 0 Å². The molecule has 0 unspecified atom stereocenters. The Bertz CT molecular complexity index is 407. The number of hydrogen-bond acceptors (Lipinski definition) is 3. The molecule has 0 aliphatic rings. The Kier molecular flexibility index (Phi) is 3.93.